The van der Waals surface area contributed by atoms with Gasteiger partial charge >= 0.3 is 0 Å². The molecule has 3 heteroatoms. The molecule has 0 radical (unpaired) electrons. The van der Waals surface area contributed by atoms with Gasteiger partial charge in [-0.15, -0.1) is 0 Å². The fourth-order valence-corrected chi connectivity index (χ4v) is 0.717. The molecule has 0 aromatic carbocycles. The van der Waals surface area contributed by atoms with Crippen molar-refractivity contribution < 1.29 is 4.42 Å². The van der Waals surface area contributed by atoms with Gasteiger partial charge in [0.05, 0.1) is 11.7 Å². The maximum absolute atomic E-state index is 5.65. The number of aryl methyl sites for hydroxylation is 1. The van der Waals surface area contributed by atoms with Crippen LogP contribution >= 0.6 is 0 Å². The Hall–Kier alpha value is -0.830. The summed E-state index contributed by atoms with van der Waals surface area (Å²) in [5, 5.41) is 0. The van der Waals surface area contributed by atoms with Crippen LogP contribution in [0, 0.1) is 6.92 Å². The minimum absolute atomic E-state index is 0.0475. The molecule has 10 heavy (non-hydrogen) atoms. The first-order valence-electron chi connectivity index (χ1n) is 3.41. The van der Waals surface area contributed by atoms with Gasteiger partial charge in [-0.25, -0.2) is 4.98 Å². The smallest absolute Gasteiger partial charge is 0.211 e. The summed E-state index contributed by atoms with van der Waals surface area (Å²) in [6, 6.07) is -0.0475. The Kier molecular flexibility index (Phi) is 2.06. The Morgan fingerprint density at radius 3 is 2.90 bits per heavy atom. The highest BCUT2D eigenvalue weighted by molar-refractivity contribution is 4.96. The molecule has 2 N–H and O–H groups in total. The first-order valence-corrected chi connectivity index (χ1v) is 3.41. The normalized spacial score (nSPS) is 13.5. The Morgan fingerprint density at radius 2 is 2.50 bits per heavy atom. The van der Waals surface area contributed by atoms with Gasteiger partial charge in [-0.2, -0.15) is 0 Å². The number of aromatic nitrogens is 1. The summed E-state index contributed by atoms with van der Waals surface area (Å²) in [7, 11) is 0. The van der Waals surface area contributed by atoms with Crippen LogP contribution in [0.15, 0.2) is 10.7 Å². The molecule has 3 nitrogen and oxygen atoms in total. The van der Waals surface area contributed by atoms with E-state index in [4.69, 9.17) is 10.2 Å². The van der Waals surface area contributed by atoms with E-state index >= 15 is 0 Å². The van der Waals surface area contributed by atoms with Crippen LogP contribution in [0.25, 0.3) is 0 Å². The van der Waals surface area contributed by atoms with Gasteiger partial charge in [0.2, 0.25) is 5.89 Å². The zero-order chi connectivity index (χ0) is 7.56. The van der Waals surface area contributed by atoms with Crippen molar-refractivity contribution in [3.8, 4) is 0 Å². The van der Waals surface area contributed by atoms with Gasteiger partial charge in [-0.1, -0.05) is 6.92 Å². The van der Waals surface area contributed by atoms with E-state index in [1.807, 2.05) is 13.8 Å². The van der Waals surface area contributed by atoms with Crippen molar-refractivity contribution in [1.29, 1.82) is 0 Å². The van der Waals surface area contributed by atoms with Crippen LogP contribution in [0.1, 0.15) is 31.0 Å². The van der Waals surface area contributed by atoms with E-state index in [1.165, 1.54) is 0 Å². The minimum Gasteiger partial charge on any atom is -0.447 e. The van der Waals surface area contributed by atoms with E-state index in [0.29, 0.717) is 5.89 Å². The highest BCUT2D eigenvalue weighted by atomic mass is 16.3. The van der Waals surface area contributed by atoms with Crippen LogP contribution in [0.5, 0.6) is 0 Å². The second-order valence-electron chi connectivity index (χ2n) is 2.34. The largest absolute Gasteiger partial charge is 0.447 e. The molecule has 1 unspecified atom stereocenters. The van der Waals surface area contributed by atoms with Crippen LogP contribution in [-0.2, 0) is 0 Å². The van der Waals surface area contributed by atoms with Gasteiger partial charge in [-0.3, -0.25) is 0 Å². The van der Waals surface area contributed by atoms with E-state index in [-0.39, 0.29) is 6.04 Å². The van der Waals surface area contributed by atoms with Crippen LogP contribution < -0.4 is 5.73 Å². The van der Waals surface area contributed by atoms with Crippen molar-refractivity contribution in [2.45, 2.75) is 26.3 Å². The lowest BCUT2D eigenvalue weighted by atomic mass is 10.2. The van der Waals surface area contributed by atoms with E-state index < -0.39 is 0 Å². The minimum atomic E-state index is -0.0475. The number of hydrogen-bond donors (Lipinski definition) is 1. The van der Waals surface area contributed by atoms with Gasteiger partial charge < -0.3 is 10.2 Å². The van der Waals surface area contributed by atoms with Gasteiger partial charge in [0.1, 0.15) is 6.26 Å². The molecular weight excluding hydrogens is 128 g/mol. The average molecular weight is 140 g/mol. The Balaban J connectivity index is 2.74. The molecule has 1 rings (SSSR count). The Bertz CT molecular complexity index is 207. The molecule has 0 fully saturated rings. The first-order chi connectivity index (χ1) is 4.74. The number of nitrogens with two attached hydrogens (primary N) is 1. The van der Waals surface area contributed by atoms with Gasteiger partial charge in [-0.05, 0) is 13.3 Å². The van der Waals surface area contributed by atoms with Crippen molar-refractivity contribution in [2.75, 3.05) is 0 Å². The summed E-state index contributed by atoms with van der Waals surface area (Å²) < 4.78 is 5.08. The topological polar surface area (TPSA) is 52.0 Å². The van der Waals surface area contributed by atoms with Crippen molar-refractivity contribution in [3.05, 3.63) is 17.8 Å². The summed E-state index contributed by atoms with van der Waals surface area (Å²) in [5.74, 6) is 0.639. The SMILES string of the molecule is CCC(N)c1nc(C)co1. The van der Waals surface area contributed by atoms with Crippen LogP contribution in [-0.4, -0.2) is 4.98 Å². The molecule has 0 saturated carbocycles. The average Bonchev–Trinajstić information content (AvgIpc) is 2.34. The van der Waals surface area contributed by atoms with Crippen LogP contribution in [0.3, 0.4) is 0 Å². The van der Waals surface area contributed by atoms with Crippen molar-refractivity contribution >= 4 is 0 Å². The first kappa shape index (κ1) is 7.28. The lowest BCUT2D eigenvalue weighted by Gasteiger charge is -2.00. The van der Waals surface area contributed by atoms with Crippen molar-refractivity contribution in [1.82, 2.24) is 4.98 Å². The lowest BCUT2D eigenvalue weighted by Crippen LogP contribution is -2.08. The predicted molar refractivity (Wildman–Crippen MR) is 38.5 cm³/mol. The third-order valence-corrected chi connectivity index (χ3v) is 1.39. The number of rotatable bonds is 2. The monoisotopic (exact) mass is 140 g/mol. The molecule has 1 heterocycles. The Labute approximate surface area is 60.2 Å². The third kappa shape index (κ3) is 1.36. The maximum atomic E-state index is 5.65. The maximum Gasteiger partial charge on any atom is 0.211 e. The molecule has 1 atom stereocenters. The standard InChI is InChI=1S/C7H12N2O/c1-3-6(8)7-9-5(2)4-10-7/h4,6H,3,8H2,1-2H3. The summed E-state index contributed by atoms with van der Waals surface area (Å²) in [6.07, 6.45) is 2.48. The molecule has 0 bridgehead atoms. The van der Waals surface area contributed by atoms with E-state index in [0.717, 1.165) is 12.1 Å². The molecule has 0 aliphatic carbocycles. The number of oxazole rings is 1. The summed E-state index contributed by atoms with van der Waals surface area (Å²) in [5.41, 5.74) is 6.54. The molecule has 0 amide bonds. The second kappa shape index (κ2) is 2.84. The number of hydrogen-bond acceptors (Lipinski definition) is 3. The third-order valence-electron chi connectivity index (χ3n) is 1.39. The van der Waals surface area contributed by atoms with Crippen molar-refractivity contribution in [2.24, 2.45) is 5.73 Å². The second-order valence-corrected chi connectivity index (χ2v) is 2.34. The summed E-state index contributed by atoms with van der Waals surface area (Å²) in [6.45, 7) is 3.89. The predicted octanol–water partition coefficient (Wildman–Crippen LogP) is 1.39. The zero-order valence-corrected chi connectivity index (χ0v) is 6.29. The fourth-order valence-electron chi connectivity index (χ4n) is 0.717. The van der Waals surface area contributed by atoms with Crippen molar-refractivity contribution in [3.63, 3.8) is 0 Å². The highest BCUT2D eigenvalue weighted by Gasteiger charge is 2.07. The highest BCUT2D eigenvalue weighted by Crippen LogP contribution is 2.11. The fraction of sp³-hybridized carbons (Fsp3) is 0.571. The molecule has 0 aliphatic rings. The molecular formula is C7H12N2O. The molecule has 1 aromatic heterocycles. The molecule has 0 aliphatic heterocycles. The van der Waals surface area contributed by atoms with Crippen LogP contribution in [0.4, 0.5) is 0 Å². The quantitative estimate of drug-likeness (QED) is 0.675. The number of nitrogens with zero attached hydrogens (tertiary/aromatic N) is 1. The van der Waals surface area contributed by atoms with Gasteiger partial charge in [0.15, 0.2) is 0 Å². The molecule has 0 saturated heterocycles. The Morgan fingerprint density at radius 1 is 1.80 bits per heavy atom. The molecule has 1 aromatic rings. The zero-order valence-electron chi connectivity index (χ0n) is 6.29. The van der Waals surface area contributed by atoms with E-state index in [9.17, 15) is 0 Å². The van der Waals surface area contributed by atoms with Gasteiger partial charge in [0, 0.05) is 0 Å². The van der Waals surface area contributed by atoms with Gasteiger partial charge in [0.25, 0.3) is 0 Å². The van der Waals surface area contributed by atoms with Crippen LogP contribution in [0.2, 0.25) is 0 Å². The summed E-state index contributed by atoms with van der Waals surface area (Å²) in [4.78, 5) is 4.09. The molecule has 56 valence electrons. The lowest BCUT2D eigenvalue weighted by molar-refractivity contribution is 0.444. The summed E-state index contributed by atoms with van der Waals surface area (Å²) >= 11 is 0. The molecule has 0 spiro atoms. The van der Waals surface area contributed by atoms with E-state index in [1.54, 1.807) is 6.26 Å². The van der Waals surface area contributed by atoms with E-state index in [2.05, 4.69) is 4.98 Å².